The highest BCUT2D eigenvalue weighted by Gasteiger charge is 2.11. The van der Waals surface area contributed by atoms with E-state index in [1.807, 2.05) is 0 Å². The fraction of sp³-hybridized carbons (Fsp3) is 0.917. The van der Waals surface area contributed by atoms with E-state index in [0.29, 0.717) is 13.0 Å². The van der Waals surface area contributed by atoms with E-state index in [-0.39, 0.29) is 11.8 Å². The number of carbonyl (C=O) groups is 1. The van der Waals surface area contributed by atoms with Crippen LogP contribution in [0.15, 0.2) is 0 Å². The Morgan fingerprint density at radius 1 is 1.13 bits per heavy atom. The largest absolute Gasteiger partial charge is 0.330 e. The van der Waals surface area contributed by atoms with Crippen molar-refractivity contribution in [1.29, 1.82) is 0 Å². The fourth-order valence-corrected chi connectivity index (χ4v) is 1.59. The van der Waals surface area contributed by atoms with Crippen molar-refractivity contribution in [3.63, 3.8) is 0 Å². The van der Waals surface area contributed by atoms with Crippen molar-refractivity contribution in [1.82, 2.24) is 0 Å². The molecule has 3 nitrogen and oxygen atoms in total. The SMILES string of the molecule is CCCCCCCC(=O)C(N)CCCN. The van der Waals surface area contributed by atoms with Gasteiger partial charge >= 0.3 is 0 Å². The van der Waals surface area contributed by atoms with Crippen LogP contribution in [-0.2, 0) is 4.79 Å². The van der Waals surface area contributed by atoms with Gasteiger partial charge in [-0.1, -0.05) is 32.6 Å². The maximum Gasteiger partial charge on any atom is 0.149 e. The zero-order valence-electron chi connectivity index (χ0n) is 10.0. The molecule has 0 aromatic heterocycles. The van der Waals surface area contributed by atoms with Crippen LogP contribution >= 0.6 is 0 Å². The average molecular weight is 214 g/mol. The van der Waals surface area contributed by atoms with Gasteiger partial charge in [-0.2, -0.15) is 0 Å². The smallest absolute Gasteiger partial charge is 0.149 e. The third-order valence-corrected chi connectivity index (χ3v) is 2.66. The molecule has 0 saturated heterocycles. The number of nitrogens with two attached hydrogens (primary N) is 2. The minimum absolute atomic E-state index is 0.208. The van der Waals surface area contributed by atoms with Gasteiger partial charge in [0.25, 0.3) is 0 Å². The van der Waals surface area contributed by atoms with Crippen molar-refractivity contribution in [3.05, 3.63) is 0 Å². The summed E-state index contributed by atoms with van der Waals surface area (Å²) in [5.41, 5.74) is 11.1. The molecular formula is C12H26N2O. The first-order valence-corrected chi connectivity index (χ1v) is 6.20. The van der Waals surface area contributed by atoms with Crippen LogP contribution in [0.1, 0.15) is 58.3 Å². The lowest BCUT2D eigenvalue weighted by molar-refractivity contribution is -0.120. The molecule has 0 bridgehead atoms. The molecule has 0 aromatic carbocycles. The minimum Gasteiger partial charge on any atom is -0.330 e. The molecule has 0 fully saturated rings. The van der Waals surface area contributed by atoms with E-state index in [1.54, 1.807) is 0 Å². The van der Waals surface area contributed by atoms with Crippen LogP contribution in [0.5, 0.6) is 0 Å². The van der Waals surface area contributed by atoms with Crippen molar-refractivity contribution >= 4 is 5.78 Å². The molecule has 0 rings (SSSR count). The summed E-state index contributed by atoms with van der Waals surface area (Å²) >= 11 is 0. The minimum atomic E-state index is -0.278. The zero-order chi connectivity index (χ0) is 11.5. The van der Waals surface area contributed by atoms with Crippen LogP contribution in [0.3, 0.4) is 0 Å². The van der Waals surface area contributed by atoms with E-state index in [2.05, 4.69) is 6.92 Å². The van der Waals surface area contributed by atoms with E-state index in [4.69, 9.17) is 11.5 Å². The molecule has 0 aliphatic rings. The van der Waals surface area contributed by atoms with E-state index in [9.17, 15) is 4.79 Å². The highest BCUT2D eigenvalue weighted by Crippen LogP contribution is 2.07. The molecular weight excluding hydrogens is 188 g/mol. The van der Waals surface area contributed by atoms with E-state index in [0.717, 1.165) is 25.7 Å². The normalized spacial score (nSPS) is 12.7. The summed E-state index contributed by atoms with van der Waals surface area (Å²) in [5.74, 6) is 0.208. The van der Waals surface area contributed by atoms with Gasteiger partial charge in [0.15, 0.2) is 0 Å². The van der Waals surface area contributed by atoms with Crippen LogP contribution in [0.2, 0.25) is 0 Å². The molecule has 15 heavy (non-hydrogen) atoms. The van der Waals surface area contributed by atoms with Gasteiger partial charge in [0.1, 0.15) is 5.78 Å². The fourth-order valence-electron chi connectivity index (χ4n) is 1.59. The Labute approximate surface area is 93.6 Å². The van der Waals surface area contributed by atoms with Gasteiger partial charge in [0, 0.05) is 6.42 Å². The maximum atomic E-state index is 11.5. The summed E-state index contributed by atoms with van der Waals surface area (Å²) in [5, 5.41) is 0. The van der Waals surface area contributed by atoms with E-state index >= 15 is 0 Å². The van der Waals surface area contributed by atoms with Gasteiger partial charge in [0.05, 0.1) is 6.04 Å². The van der Waals surface area contributed by atoms with Gasteiger partial charge in [-0.15, -0.1) is 0 Å². The summed E-state index contributed by atoms with van der Waals surface area (Å²) in [7, 11) is 0. The molecule has 90 valence electrons. The van der Waals surface area contributed by atoms with Gasteiger partial charge in [-0.3, -0.25) is 4.79 Å². The quantitative estimate of drug-likeness (QED) is 0.546. The van der Waals surface area contributed by atoms with Crippen LogP contribution in [0.25, 0.3) is 0 Å². The molecule has 0 saturated carbocycles. The van der Waals surface area contributed by atoms with Crippen LogP contribution in [-0.4, -0.2) is 18.4 Å². The predicted octanol–water partition coefficient (Wildman–Crippen LogP) is 1.98. The second-order valence-electron chi connectivity index (χ2n) is 4.17. The monoisotopic (exact) mass is 214 g/mol. The van der Waals surface area contributed by atoms with Gasteiger partial charge in [-0.05, 0) is 25.8 Å². The summed E-state index contributed by atoms with van der Waals surface area (Å²) in [6.45, 7) is 2.81. The van der Waals surface area contributed by atoms with Crippen molar-refractivity contribution in [2.24, 2.45) is 11.5 Å². The first-order valence-electron chi connectivity index (χ1n) is 6.20. The molecule has 0 spiro atoms. The Hall–Kier alpha value is -0.410. The second-order valence-corrected chi connectivity index (χ2v) is 4.17. The number of unbranched alkanes of at least 4 members (excludes halogenated alkanes) is 4. The Morgan fingerprint density at radius 3 is 2.40 bits per heavy atom. The van der Waals surface area contributed by atoms with Gasteiger partial charge in [-0.25, -0.2) is 0 Å². The van der Waals surface area contributed by atoms with Crippen LogP contribution < -0.4 is 11.5 Å². The van der Waals surface area contributed by atoms with E-state index < -0.39 is 0 Å². The highest BCUT2D eigenvalue weighted by atomic mass is 16.1. The lowest BCUT2D eigenvalue weighted by Gasteiger charge is -2.09. The standard InChI is InChI=1S/C12H26N2O/c1-2-3-4-5-6-9-12(15)11(14)8-7-10-13/h11H,2-10,13-14H2,1H3. The average Bonchev–Trinajstić information content (AvgIpc) is 2.25. The number of carbonyl (C=O) groups excluding carboxylic acids is 1. The molecule has 0 amide bonds. The summed E-state index contributed by atoms with van der Waals surface area (Å²) in [6, 6.07) is -0.278. The molecule has 0 aliphatic heterocycles. The Balaban J connectivity index is 3.38. The highest BCUT2D eigenvalue weighted by molar-refractivity contribution is 5.83. The summed E-state index contributed by atoms with van der Waals surface area (Å²) in [6.07, 6.45) is 8.14. The topological polar surface area (TPSA) is 69.1 Å². The number of Topliss-reactive ketones (excluding diaryl/α,β-unsaturated/α-hetero) is 1. The summed E-state index contributed by atoms with van der Waals surface area (Å²) < 4.78 is 0. The zero-order valence-corrected chi connectivity index (χ0v) is 10.0. The Kier molecular flexibility index (Phi) is 9.84. The molecule has 1 unspecified atom stereocenters. The molecule has 0 radical (unpaired) electrons. The van der Waals surface area contributed by atoms with Crippen molar-refractivity contribution in [2.75, 3.05) is 6.54 Å². The number of hydrogen-bond acceptors (Lipinski definition) is 3. The maximum absolute atomic E-state index is 11.5. The second kappa shape index (κ2) is 10.1. The van der Waals surface area contributed by atoms with Gasteiger partial charge in [0.2, 0.25) is 0 Å². The van der Waals surface area contributed by atoms with Crippen molar-refractivity contribution in [3.8, 4) is 0 Å². The number of ketones is 1. The van der Waals surface area contributed by atoms with E-state index in [1.165, 1.54) is 19.3 Å². The Morgan fingerprint density at radius 2 is 1.80 bits per heavy atom. The molecule has 3 heteroatoms. The lowest BCUT2D eigenvalue weighted by Crippen LogP contribution is -2.30. The molecule has 4 N–H and O–H groups in total. The molecule has 0 heterocycles. The molecule has 0 aliphatic carbocycles. The first-order chi connectivity index (χ1) is 7.22. The first kappa shape index (κ1) is 14.6. The van der Waals surface area contributed by atoms with Crippen molar-refractivity contribution in [2.45, 2.75) is 64.3 Å². The number of rotatable bonds is 10. The summed E-state index contributed by atoms with van der Waals surface area (Å²) in [4.78, 5) is 11.5. The third kappa shape index (κ3) is 8.58. The Bertz CT molecular complexity index is 160. The van der Waals surface area contributed by atoms with Crippen LogP contribution in [0.4, 0.5) is 0 Å². The third-order valence-electron chi connectivity index (χ3n) is 2.66. The van der Waals surface area contributed by atoms with Crippen LogP contribution in [0, 0.1) is 0 Å². The van der Waals surface area contributed by atoms with Gasteiger partial charge < -0.3 is 11.5 Å². The predicted molar refractivity (Wildman–Crippen MR) is 64.6 cm³/mol. The number of hydrogen-bond donors (Lipinski definition) is 2. The lowest BCUT2D eigenvalue weighted by atomic mass is 10.0. The molecule has 1 atom stereocenters. The molecule has 0 aromatic rings. The van der Waals surface area contributed by atoms with Crippen molar-refractivity contribution < 1.29 is 4.79 Å².